The molecule has 0 saturated carbocycles. The second-order valence-electron chi connectivity index (χ2n) is 7.04. The Bertz CT molecular complexity index is 462. The molecule has 0 bridgehead atoms. The van der Waals surface area contributed by atoms with Gasteiger partial charge in [0.05, 0.1) is 17.3 Å². The van der Waals surface area contributed by atoms with Gasteiger partial charge in [-0.25, -0.2) is 4.98 Å². The molecule has 2 heterocycles. The molecule has 1 fully saturated rings. The highest BCUT2D eigenvalue weighted by Gasteiger charge is 2.27. The molecule has 0 aliphatic carbocycles. The molecule has 1 aliphatic rings. The molecule has 1 aliphatic heterocycles. The highest BCUT2D eigenvalue weighted by atomic mass is 32.1. The lowest BCUT2D eigenvalue weighted by molar-refractivity contribution is -0.133. The highest BCUT2D eigenvalue weighted by Crippen LogP contribution is 2.20. The van der Waals surface area contributed by atoms with Crippen molar-refractivity contribution in [2.45, 2.75) is 39.7 Å². The predicted octanol–water partition coefficient (Wildman–Crippen LogP) is 1.63. The van der Waals surface area contributed by atoms with Gasteiger partial charge in [0.25, 0.3) is 0 Å². The minimum absolute atomic E-state index is 0.0967. The molecular formula is C16H27N3O2S. The molecule has 1 aromatic rings. The molecule has 0 aromatic carbocycles. The van der Waals surface area contributed by atoms with Gasteiger partial charge in [-0.3, -0.25) is 9.69 Å². The molecule has 1 aromatic heterocycles. The van der Waals surface area contributed by atoms with Crippen molar-refractivity contribution in [3.63, 3.8) is 0 Å². The Morgan fingerprint density at radius 1 is 1.36 bits per heavy atom. The van der Waals surface area contributed by atoms with Crippen LogP contribution in [0.25, 0.3) is 0 Å². The number of aliphatic hydroxyl groups is 1. The first kappa shape index (κ1) is 17.4. The van der Waals surface area contributed by atoms with Crippen LogP contribution < -0.4 is 0 Å². The van der Waals surface area contributed by atoms with E-state index < -0.39 is 0 Å². The average Bonchev–Trinajstić information content (AvgIpc) is 2.98. The molecule has 6 heteroatoms. The topological polar surface area (TPSA) is 56.7 Å². The van der Waals surface area contributed by atoms with Gasteiger partial charge in [0.2, 0.25) is 5.91 Å². The van der Waals surface area contributed by atoms with E-state index in [9.17, 15) is 9.90 Å². The summed E-state index contributed by atoms with van der Waals surface area (Å²) in [6.07, 6.45) is 0.930. The third-order valence-corrected chi connectivity index (χ3v) is 4.87. The molecule has 1 saturated heterocycles. The molecule has 2 rings (SSSR count). The van der Waals surface area contributed by atoms with Crippen LogP contribution in [0, 0.1) is 5.41 Å². The molecule has 5 nitrogen and oxygen atoms in total. The maximum Gasteiger partial charge on any atom is 0.223 e. The Kier molecular flexibility index (Phi) is 5.94. The second kappa shape index (κ2) is 7.53. The smallest absolute Gasteiger partial charge is 0.223 e. The van der Waals surface area contributed by atoms with Crippen LogP contribution in [0.2, 0.25) is 0 Å². The van der Waals surface area contributed by atoms with Crippen LogP contribution in [-0.2, 0) is 11.2 Å². The van der Waals surface area contributed by atoms with Gasteiger partial charge in [-0.05, 0) is 11.8 Å². The van der Waals surface area contributed by atoms with E-state index >= 15 is 0 Å². The van der Waals surface area contributed by atoms with Crippen LogP contribution >= 0.6 is 11.3 Å². The number of piperazine rings is 1. The van der Waals surface area contributed by atoms with Crippen molar-refractivity contribution in [3.05, 3.63) is 16.6 Å². The maximum atomic E-state index is 12.2. The Balaban J connectivity index is 1.71. The number of hydrogen-bond acceptors (Lipinski definition) is 5. The highest BCUT2D eigenvalue weighted by molar-refractivity contribution is 7.07. The first-order valence-electron chi connectivity index (χ1n) is 7.91. The van der Waals surface area contributed by atoms with E-state index in [1.807, 2.05) is 10.3 Å². The molecule has 22 heavy (non-hydrogen) atoms. The fourth-order valence-electron chi connectivity index (χ4n) is 2.45. The second-order valence-corrected chi connectivity index (χ2v) is 7.76. The van der Waals surface area contributed by atoms with Crippen molar-refractivity contribution in [1.82, 2.24) is 14.8 Å². The summed E-state index contributed by atoms with van der Waals surface area (Å²) in [6, 6.07) is 0. The van der Waals surface area contributed by atoms with Gasteiger partial charge in [0.15, 0.2) is 0 Å². The quantitative estimate of drug-likeness (QED) is 0.894. The third kappa shape index (κ3) is 5.04. The number of aryl methyl sites for hydroxylation is 1. The van der Waals surface area contributed by atoms with Crippen LogP contribution in [-0.4, -0.2) is 64.6 Å². The fourth-order valence-corrected chi connectivity index (χ4v) is 3.05. The number of carbonyl (C=O) groups is 1. The number of hydrogen-bond donors (Lipinski definition) is 1. The van der Waals surface area contributed by atoms with E-state index in [1.165, 1.54) is 0 Å². The number of β-amino-alcohol motifs (C(OH)–C–C–N with tert-alkyl or cyclic N) is 1. The van der Waals surface area contributed by atoms with E-state index in [4.69, 9.17) is 0 Å². The molecule has 1 amide bonds. The number of thiazole rings is 1. The third-order valence-electron chi connectivity index (χ3n) is 4.23. The lowest BCUT2D eigenvalue weighted by Crippen LogP contribution is -2.51. The lowest BCUT2D eigenvalue weighted by Gasteiger charge is -2.38. The molecular weight excluding hydrogens is 298 g/mol. The summed E-state index contributed by atoms with van der Waals surface area (Å²) in [5.41, 5.74) is 2.71. The minimum atomic E-state index is -0.334. The van der Waals surface area contributed by atoms with E-state index in [1.54, 1.807) is 16.8 Å². The number of rotatable bonds is 5. The number of aliphatic hydroxyl groups excluding tert-OH is 1. The van der Waals surface area contributed by atoms with Crippen LogP contribution in [0.5, 0.6) is 0 Å². The van der Waals surface area contributed by atoms with Crippen LogP contribution in [0.1, 0.15) is 32.9 Å². The zero-order chi connectivity index (χ0) is 16.2. The van der Waals surface area contributed by atoms with Crippen molar-refractivity contribution in [3.8, 4) is 0 Å². The number of nitrogens with zero attached hydrogens (tertiary/aromatic N) is 3. The van der Waals surface area contributed by atoms with Crippen molar-refractivity contribution in [2.75, 3.05) is 32.7 Å². The van der Waals surface area contributed by atoms with Gasteiger partial charge < -0.3 is 10.0 Å². The molecule has 0 radical (unpaired) electrons. The van der Waals surface area contributed by atoms with E-state index in [2.05, 4.69) is 30.7 Å². The molecule has 0 spiro atoms. The average molecular weight is 325 g/mol. The van der Waals surface area contributed by atoms with Gasteiger partial charge in [-0.1, -0.05) is 20.8 Å². The van der Waals surface area contributed by atoms with Gasteiger partial charge >= 0.3 is 0 Å². The molecule has 1 atom stereocenters. The number of aromatic nitrogens is 1. The normalized spacial score (nSPS) is 18.5. The van der Waals surface area contributed by atoms with Crippen molar-refractivity contribution < 1.29 is 9.90 Å². The summed E-state index contributed by atoms with van der Waals surface area (Å²) in [5.74, 6) is 0.212. The Morgan fingerprint density at radius 3 is 2.59 bits per heavy atom. The Hall–Kier alpha value is -0.980. The molecule has 1 N–H and O–H groups in total. The van der Waals surface area contributed by atoms with Gasteiger partial charge in [0.1, 0.15) is 0 Å². The zero-order valence-corrected chi connectivity index (χ0v) is 14.6. The van der Waals surface area contributed by atoms with Gasteiger partial charge in [-0.2, -0.15) is 0 Å². The van der Waals surface area contributed by atoms with Crippen molar-refractivity contribution in [1.29, 1.82) is 0 Å². The predicted molar refractivity (Wildman–Crippen MR) is 88.9 cm³/mol. The Morgan fingerprint density at radius 2 is 2.05 bits per heavy atom. The maximum absolute atomic E-state index is 12.2. The Labute approximate surface area is 137 Å². The number of amides is 1. The van der Waals surface area contributed by atoms with Crippen molar-refractivity contribution in [2.24, 2.45) is 5.41 Å². The standard InChI is InChI=1S/C16H27N3O2S/c1-16(2,3)14(20)10-18-6-8-19(9-7-18)15(21)5-4-13-11-22-12-17-13/h11-12,14,20H,4-10H2,1-3H3/t14-/m1/s1. The minimum Gasteiger partial charge on any atom is -0.391 e. The summed E-state index contributed by atoms with van der Waals surface area (Å²) >= 11 is 1.57. The van der Waals surface area contributed by atoms with E-state index in [0.717, 1.165) is 38.3 Å². The first-order valence-corrected chi connectivity index (χ1v) is 8.86. The summed E-state index contributed by atoms with van der Waals surface area (Å²) < 4.78 is 0. The van der Waals surface area contributed by atoms with Gasteiger partial charge in [0, 0.05) is 44.5 Å². The van der Waals surface area contributed by atoms with E-state index in [0.29, 0.717) is 13.0 Å². The monoisotopic (exact) mass is 325 g/mol. The largest absolute Gasteiger partial charge is 0.391 e. The molecule has 0 unspecified atom stereocenters. The van der Waals surface area contributed by atoms with Crippen LogP contribution in [0.4, 0.5) is 0 Å². The van der Waals surface area contributed by atoms with Crippen molar-refractivity contribution >= 4 is 17.2 Å². The SMILES string of the molecule is CC(C)(C)[C@H](O)CN1CCN(C(=O)CCc2cscn2)CC1. The molecule has 124 valence electrons. The summed E-state index contributed by atoms with van der Waals surface area (Å²) in [5, 5.41) is 12.2. The number of carbonyl (C=O) groups excluding carboxylic acids is 1. The van der Waals surface area contributed by atoms with E-state index in [-0.39, 0.29) is 17.4 Å². The zero-order valence-electron chi connectivity index (χ0n) is 13.8. The van der Waals surface area contributed by atoms with Crippen LogP contribution in [0.3, 0.4) is 0 Å². The first-order chi connectivity index (χ1) is 10.4. The lowest BCUT2D eigenvalue weighted by atomic mass is 9.89. The summed E-state index contributed by atoms with van der Waals surface area (Å²) in [6.45, 7) is 10.0. The summed E-state index contributed by atoms with van der Waals surface area (Å²) in [7, 11) is 0. The van der Waals surface area contributed by atoms with Crippen LogP contribution in [0.15, 0.2) is 10.9 Å². The summed E-state index contributed by atoms with van der Waals surface area (Å²) in [4.78, 5) is 20.6. The fraction of sp³-hybridized carbons (Fsp3) is 0.750. The van der Waals surface area contributed by atoms with Gasteiger partial charge in [-0.15, -0.1) is 11.3 Å².